The van der Waals surface area contributed by atoms with Crippen LogP contribution in [0.25, 0.3) is 0 Å². The third-order valence-electron chi connectivity index (χ3n) is 3.75. The second-order valence-corrected chi connectivity index (χ2v) is 5.14. The lowest BCUT2D eigenvalue weighted by molar-refractivity contribution is -0.385. The molecule has 2 atom stereocenters. The van der Waals surface area contributed by atoms with Gasteiger partial charge in [0.05, 0.1) is 11.0 Å². The topological polar surface area (TPSA) is 84.3 Å². The molecule has 1 aliphatic heterocycles. The van der Waals surface area contributed by atoms with Crippen molar-refractivity contribution in [3.05, 3.63) is 33.9 Å². The van der Waals surface area contributed by atoms with Gasteiger partial charge in [-0.25, -0.2) is 0 Å². The Balaban J connectivity index is 2.15. The molecule has 0 aliphatic carbocycles. The number of carbonyl (C=O) groups is 1. The van der Waals surface area contributed by atoms with Crippen molar-refractivity contribution in [3.63, 3.8) is 0 Å². The summed E-state index contributed by atoms with van der Waals surface area (Å²) in [6, 6.07) is 4.61. The standard InChI is InChI=1S/C14H19N3O3/c1-3-10-4-5-11(8-12(10)17(19)20)16-14(18)13-9(2)6-7-15-13/h4-5,8-9,13,15H,3,6-7H2,1-2H3,(H,16,18). The minimum absolute atomic E-state index is 0.0535. The number of carbonyl (C=O) groups excluding carboxylic acids is 1. The molecule has 1 saturated heterocycles. The summed E-state index contributed by atoms with van der Waals surface area (Å²) in [6.45, 7) is 4.71. The summed E-state index contributed by atoms with van der Waals surface area (Å²) in [5.41, 5.74) is 1.19. The first-order valence-electron chi connectivity index (χ1n) is 6.84. The number of anilines is 1. The van der Waals surface area contributed by atoms with Crippen LogP contribution in [0.2, 0.25) is 0 Å². The minimum atomic E-state index is -0.412. The zero-order valence-corrected chi connectivity index (χ0v) is 11.7. The summed E-state index contributed by atoms with van der Waals surface area (Å²) in [4.78, 5) is 22.7. The van der Waals surface area contributed by atoms with Gasteiger partial charge in [0.1, 0.15) is 0 Å². The van der Waals surface area contributed by atoms with Gasteiger partial charge in [0.15, 0.2) is 0 Å². The van der Waals surface area contributed by atoms with Crippen LogP contribution in [0, 0.1) is 16.0 Å². The molecule has 2 N–H and O–H groups in total. The average molecular weight is 277 g/mol. The molecule has 2 rings (SSSR count). The first-order chi connectivity index (χ1) is 9.52. The van der Waals surface area contributed by atoms with E-state index in [-0.39, 0.29) is 23.6 Å². The van der Waals surface area contributed by atoms with E-state index in [1.165, 1.54) is 6.07 Å². The molecule has 1 fully saturated rings. The fourth-order valence-corrected chi connectivity index (χ4v) is 2.52. The van der Waals surface area contributed by atoms with Gasteiger partial charge in [0.25, 0.3) is 5.69 Å². The van der Waals surface area contributed by atoms with Gasteiger partial charge in [-0.3, -0.25) is 14.9 Å². The van der Waals surface area contributed by atoms with E-state index in [9.17, 15) is 14.9 Å². The maximum absolute atomic E-state index is 12.1. The number of hydrogen-bond acceptors (Lipinski definition) is 4. The predicted molar refractivity (Wildman–Crippen MR) is 76.7 cm³/mol. The summed E-state index contributed by atoms with van der Waals surface area (Å²) < 4.78 is 0. The van der Waals surface area contributed by atoms with Crippen LogP contribution in [0.15, 0.2) is 18.2 Å². The first-order valence-corrected chi connectivity index (χ1v) is 6.84. The van der Waals surface area contributed by atoms with Gasteiger partial charge in [-0.05, 0) is 31.4 Å². The predicted octanol–water partition coefficient (Wildman–Crippen LogP) is 2.09. The van der Waals surface area contributed by atoms with Gasteiger partial charge in [-0.1, -0.05) is 19.9 Å². The Labute approximate surface area is 117 Å². The Hall–Kier alpha value is -1.95. The second-order valence-electron chi connectivity index (χ2n) is 5.14. The molecule has 6 heteroatoms. The van der Waals surface area contributed by atoms with Crippen molar-refractivity contribution in [2.45, 2.75) is 32.7 Å². The van der Waals surface area contributed by atoms with Crippen molar-refractivity contribution < 1.29 is 9.72 Å². The maximum atomic E-state index is 12.1. The molecule has 1 amide bonds. The van der Waals surface area contributed by atoms with E-state index >= 15 is 0 Å². The molecule has 1 aliphatic rings. The highest BCUT2D eigenvalue weighted by molar-refractivity contribution is 5.95. The quantitative estimate of drug-likeness (QED) is 0.652. The van der Waals surface area contributed by atoms with Crippen LogP contribution in [0.5, 0.6) is 0 Å². The summed E-state index contributed by atoms with van der Waals surface area (Å²) in [6.07, 6.45) is 1.55. The fourth-order valence-electron chi connectivity index (χ4n) is 2.52. The number of rotatable bonds is 4. The molecule has 0 aromatic heterocycles. The molecule has 0 saturated carbocycles. The number of nitrogens with zero attached hydrogens (tertiary/aromatic N) is 1. The van der Waals surface area contributed by atoms with Crippen LogP contribution in [-0.4, -0.2) is 23.4 Å². The number of benzene rings is 1. The van der Waals surface area contributed by atoms with Crippen molar-refractivity contribution in [1.82, 2.24) is 5.32 Å². The molecular formula is C14H19N3O3. The van der Waals surface area contributed by atoms with E-state index < -0.39 is 4.92 Å². The van der Waals surface area contributed by atoms with Crippen LogP contribution in [0.3, 0.4) is 0 Å². The van der Waals surface area contributed by atoms with Gasteiger partial charge >= 0.3 is 0 Å². The highest BCUT2D eigenvalue weighted by atomic mass is 16.6. The number of nitro benzene ring substituents is 1. The number of nitro groups is 1. The van der Waals surface area contributed by atoms with E-state index in [2.05, 4.69) is 10.6 Å². The van der Waals surface area contributed by atoms with Crippen LogP contribution in [0.4, 0.5) is 11.4 Å². The highest BCUT2D eigenvalue weighted by Gasteiger charge is 2.29. The van der Waals surface area contributed by atoms with Crippen molar-refractivity contribution in [2.24, 2.45) is 5.92 Å². The Kier molecular flexibility index (Phi) is 4.34. The zero-order chi connectivity index (χ0) is 14.7. The molecule has 1 aromatic rings. The lowest BCUT2D eigenvalue weighted by Crippen LogP contribution is -2.39. The largest absolute Gasteiger partial charge is 0.324 e. The fraction of sp³-hybridized carbons (Fsp3) is 0.500. The van der Waals surface area contributed by atoms with Crippen molar-refractivity contribution in [1.29, 1.82) is 0 Å². The van der Waals surface area contributed by atoms with E-state index in [1.54, 1.807) is 12.1 Å². The number of aryl methyl sites for hydroxylation is 1. The number of amides is 1. The molecule has 20 heavy (non-hydrogen) atoms. The van der Waals surface area contributed by atoms with E-state index in [0.717, 1.165) is 13.0 Å². The van der Waals surface area contributed by atoms with Crippen molar-refractivity contribution in [3.8, 4) is 0 Å². The third kappa shape index (κ3) is 2.96. The van der Waals surface area contributed by atoms with E-state index in [0.29, 0.717) is 17.7 Å². The summed E-state index contributed by atoms with van der Waals surface area (Å²) in [7, 11) is 0. The van der Waals surface area contributed by atoms with E-state index in [1.807, 2.05) is 13.8 Å². The van der Waals surface area contributed by atoms with Crippen LogP contribution in [0.1, 0.15) is 25.8 Å². The normalized spacial score (nSPS) is 21.7. The van der Waals surface area contributed by atoms with E-state index in [4.69, 9.17) is 0 Å². The highest BCUT2D eigenvalue weighted by Crippen LogP contribution is 2.24. The van der Waals surface area contributed by atoms with Gasteiger partial charge in [-0.2, -0.15) is 0 Å². The minimum Gasteiger partial charge on any atom is -0.324 e. The maximum Gasteiger partial charge on any atom is 0.274 e. The average Bonchev–Trinajstić information content (AvgIpc) is 2.85. The third-order valence-corrected chi connectivity index (χ3v) is 3.75. The molecule has 1 heterocycles. The van der Waals surface area contributed by atoms with Gasteiger partial charge in [-0.15, -0.1) is 0 Å². The second kappa shape index (κ2) is 6.00. The Morgan fingerprint density at radius 2 is 2.30 bits per heavy atom. The lowest BCUT2D eigenvalue weighted by atomic mass is 10.0. The van der Waals surface area contributed by atoms with Crippen LogP contribution >= 0.6 is 0 Å². The Morgan fingerprint density at radius 3 is 2.85 bits per heavy atom. The molecule has 108 valence electrons. The molecule has 0 radical (unpaired) electrons. The van der Waals surface area contributed by atoms with Crippen molar-refractivity contribution in [2.75, 3.05) is 11.9 Å². The number of hydrogen-bond donors (Lipinski definition) is 2. The molecule has 2 unspecified atom stereocenters. The van der Waals surface area contributed by atoms with Gasteiger partial charge < -0.3 is 10.6 Å². The summed E-state index contributed by atoms with van der Waals surface area (Å²) >= 11 is 0. The summed E-state index contributed by atoms with van der Waals surface area (Å²) in [5.74, 6) is 0.147. The molecule has 0 bridgehead atoms. The SMILES string of the molecule is CCc1ccc(NC(=O)C2NCCC2C)cc1[N+](=O)[O-]. The molecule has 1 aromatic carbocycles. The first kappa shape index (κ1) is 14.5. The molecule has 0 spiro atoms. The Morgan fingerprint density at radius 1 is 1.55 bits per heavy atom. The van der Waals surface area contributed by atoms with Crippen LogP contribution in [-0.2, 0) is 11.2 Å². The van der Waals surface area contributed by atoms with Crippen molar-refractivity contribution >= 4 is 17.3 Å². The molecular weight excluding hydrogens is 258 g/mol. The van der Waals surface area contributed by atoms with Gasteiger partial charge in [0.2, 0.25) is 5.91 Å². The molecule has 6 nitrogen and oxygen atoms in total. The monoisotopic (exact) mass is 277 g/mol. The number of nitrogens with one attached hydrogen (secondary N) is 2. The lowest BCUT2D eigenvalue weighted by Gasteiger charge is -2.15. The zero-order valence-electron chi connectivity index (χ0n) is 11.7. The summed E-state index contributed by atoms with van der Waals surface area (Å²) in [5, 5.41) is 16.9. The smallest absolute Gasteiger partial charge is 0.274 e. The van der Waals surface area contributed by atoms with Crippen LogP contribution < -0.4 is 10.6 Å². The Bertz CT molecular complexity index is 530. The van der Waals surface area contributed by atoms with Gasteiger partial charge in [0, 0.05) is 17.3 Å².